The zero-order chi connectivity index (χ0) is 11.3. The van der Waals surface area contributed by atoms with Gasteiger partial charge in [-0.15, -0.1) is 0 Å². The van der Waals surface area contributed by atoms with Crippen molar-refractivity contribution in [3.8, 4) is 0 Å². The summed E-state index contributed by atoms with van der Waals surface area (Å²) in [6.07, 6.45) is 28.0. The number of rotatable bonds is 0. The Labute approximate surface area is 117 Å². The van der Waals surface area contributed by atoms with Gasteiger partial charge in [-0.3, -0.25) is 0 Å². The SMILES string of the molecule is C1=CCC/C=C\CC1.C1=CCC/C=C\CC1.[Co]. The van der Waals surface area contributed by atoms with Crippen molar-refractivity contribution in [2.24, 2.45) is 0 Å². The molecule has 0 aromatic carbocycles. The Bertz CT molecular complexity index is 179. The van der Waals surface area contributed by atoms with E-state index in [0.29, 0.717) is 0 Å². The van der Waals surface area contributed by atoms with Gasteiger partial charge in [-0.25, -0.2) is 0 Å². The first kappa shape index (κ1) is 16.5. The molecule has 0 aliphatic heterocycles. The summed E-state index contributed by atoms with van der Waals surface area (Å²) in [4.78, 5) is 0. The molecular formula is C16H24Co. The van der Waals surface area contributed by atoms with Crippen molar-refractivity contribution in [1.82, 2.24) is 0 Å². The summed E-state index contributed by atoms with van der Waals surface area (Å²) in [6, 6.07) is 0. The van der Waals surface area contributed by atoms with Crippen molar-refractivity contribution in [2.75, 3.05) is 0 Å². The van der Waals surface area contributed by atoms with Gasteiger partial charge in [0.15, 0.2) is 0 Å². The van der Waals surface area contributed by atoms with Gasteiger partial charge in [-0.1, -0.05) is 48.6 Å². The second-order valence-electron chi connectivity index (χ2n) is 4.20. The Balaban J connectivity index is 0.000000284. The molecule has 0 bridgehead atoms. The zero-order valence-electron chi connectivity index (χ0n) is 10.6. The molecule has 0 unspecified atom stereocenters. The van der Waals surface area contributed by atoms with Crippen molar-refractivity contribution >= 4 is 0 Å². The van der Waals surface area contributed by atoms with Crippen molar-refractivity contribution in [3.05, 3.63) is 48.6 Å². The van der Waals surface area contributed by atoms with E-state index in [1.807, 2.05) is 0 Å². The molecule has 0 aromatic rings. The number of hydrogen-bond donors (Lipinski definition) is 0. The van der Waals surface area contributed by atoms with E-state index in [1.165, 1.54) is 51.4 Å². The van der Waals surface area contributed by atoms with E-state index in [2.05, 4.69) is 48.6 Å². The van der Waals surface area contributed by atoms with Gasteiger partial charge in [-0.2, -0.15) is 0 Å². The average molecular weight is 275 g/mol. The Morgan fingerprint density at radius 2 is 0.412 bits per heavy atom. The second kappa shape index (κ2) is 13.5. The van der Waals surface area contributed by atoms with E-state index < -0.39 is 0 Å². The van der Waals surface area contributed by atoms with Crippen LogP contribution in [0.4, 0.5) is 0 Å². The van der Waals surface area contributed by atoms with Crippen LogP contribution in [0.3, 0.4) is 0 Å². The number of allylic oxidation sites excluding steroid dienone is 8. The van der Waals surface area contributed by atoms with Crippen LogP contribution in [0.25, 0.3) is 0 Å². The Morgan fingerprint density at radius 3 is 0.529 bits per heavy atom. The van der Waals surface area contributed by atoms with E-state index in [9.17, 15) is 0 Å². The number of hydrogen-bond acceptors (Lipinski definition) is 0. The molecule has 2 aliphatic carbocycles. The van der Waals surface area contributed by atoms with Crippen LogP contribution in [0.2, 0.25) is 0 Å². The molecule has 0 saturated carbocycles. The van der Waals surface area contributed by atoms with Gasteiger partial charge < -0.3 is 0 Å². The molecule has 0 atom stereocenters. The summed E-state index contributed by atoms with van der Waals surface area (Å²) in [6.45, 7) is 0. The Hall–Kier alpha value is -0.534. The van der Waals surface area contributed by atoms with Crippen molar-refractivity contribution < 1.29 is 16.8 Å². The van der Waals surface area contributed by atoms with Crippen molar-refractivity contribution in [3.63, 3.8) is 0 Å². The van der Waals surface area contributed by atoms with E-state index in [4.69, 9.17) is 0 Å². The summed E-state index contributed by atoms with van der Waals surface area (Å²) < 4.78 is 0. The van der Waals surface area contributed by atoms with Crippen molar-refractivity contribution in [2.45, 2.75) is 51.4 Å². The molecule has 2 aliphatic rings. The molecule has 1 heteroatoms. The molecule has 0 fully saturated rings. The standard InChI is InChI=1S/2C8H12.Co/c2*1-2-4-6-8-7-5-3-1;/h2*1-2,7-8H,3-6H2;/b2*2-1-,8-7?;. The van der Waals surface area contributed by atoms with E-state index >= 15 is 0 Å². The topological polar surface area (TPSA) is 0 Å². The Kier molecular flexibility index (Phi) is 13.1. The Morgan fingerprint density at radius 1 is 0.294 bits per heavy atom. The molecule has 1 radical (unpaired) electrons. The maximum atomic E-state index is 2.27. The fourth-order valence-corrected chi connectivity index (χ4v) is 1.71. The molecule has 0 heterocycles. The monoisotopic (exact) mass is 275 g/mol. The fourth-order valence-electron chi connectivity index (χ4n) is 1.71. The van der Waals surface area contributed by atoms with Crippen LogP contribution in [-0.2, 0) is 16.8 Å². The molecule has 0 amide bonds. The maximum absolute atomic E-state index is 2.27. The van der Waals surface area contributed by atoms with Gasteiger partial charge in [0.1, 0.15) is 0 Å². The normalized spacial score (nSPS) is 22.6. The van der Waals surface area contributed by atoms with Crippen LogP contribution in [0.5, 0.6) is 0 Å². The largest absolute Gasteiger partial charge is 0.0882 e. The molecule has 2 rings (SSSR count). The third kappa shape index (κ3) is 11.7. The summed E-state index contributed by atoms with van der Waals surface area (Å²) >= 11 is 0. The van der Waals surface area contributed by atoms with Gasteiger partial charge in [0.05, 0.1) is 0 Å². The first-order valence-corrected chi connectivity index (χ1v) is 6.60. The van der Waals surface area contributed by atoms with Crippen LogP contribution in [0.15, 0.2) is 48.6 Å². The molecule has 0 N–H and O–H groups in total. The summed E-state index contributed by atoms with van der Waals surface area (Å²) in [5.41, 5.74) is 0. The first-order valence-electron chi connectivity index (χ1n) is 6.60. The van der Waals surface area contributed by atoms with Gasteiger partial charge in [0, 0.05) is 16.8 Å². The van der Waals surface area contributed by atoms with Gasteiger partial charge in [0.25, 0.3) is 0 Å². The minimum absolute atomic E-state index is 0. The van der Waals surface area contributed by atoms with E-state index in [1.54, 1.807) is 0 Å². The molecule has 17 heavy (non-hydrogen) atoms. The molecule has 0 aromatic heterocycles. The predicted molar refractivity (Wildman–Crippen MR) is 73.5 cm³/mol. The minimum Gasteiger partial charge on any atom is -0.0882 e. The summed E-state index contributed by atoms with van der Waals surface area (Å²) in [5, 5.41) is 0. The minimum atomic E-state index is 0. The second-order valence-corrected chi connectivity index (χ2v) is 4.20. The quantitative estimate of drug-likeness (QED) is 0.523. The van der Waals surface area contributed by atoms with Crippen molar-refractivity contribution in [1.29, 1.82) is 0 Å². The van der Waals surface area contributed by atoms with Crippen LogP contribution in [-0.4, -0.2) is 0 Å². The summed E-state index contributed by atoms with van der Waals surface area (Å²) in [7, 11) is 0. The fraction of sp³-hybridized carbons (Fsp3) is 0.500. The first-order chi connectivity index (χ1) is 8.00. The third-order valence-electron chi connectivity index (χ3n) is 2.67. The average Bonchev–Trinajstić information content (AvgIpc) is 2.15. The molecule has 0 nitrogen and oxygen atoms in total. The van der Waals surface area contributed by atoms with Gasteiger partial charge >= 0.3 is 0 Å². The van der Waals surface area contributed by atoms with Crippen LogP contribution >= 0.6 is 0 Å². The third-order valence-corrected chi connectivity index (χ3v) is 2.67. The van der Waals surface area contributed by atoms with Gasteiger partial charge in [-0.05, 0) is 51.4 Å². The van der Waals surface area contributed by atoms with Gasteiger partial charge in [0.2, 0.25) is 0 Å². The molecule has 0 saturated heterocycles. The maximum Gasteiger partial charge on any atom is 0 e. The summed E-state index contributed by atoms with van der Waals surface area (Å²) in [5.74, 6) is 0. The zero-order valence-corrected chi connectivity index (χ0v) is 11.7. The molecule has 0 spiro atoms. The van der Waals surface area contributed by atoms with E-state index in [0.717, 1.165) is 0 Å². The smallest absolute Gasteiger partial charge is 0 e. The predicted octanol–water partition coefficient (Wildman–Crippen LogP) is 5.34. The van der Waals surface area contributed by atoms with Crippen LogP contribution in [0.1, 0.15) is 51.4 Å². The van der Waals surface area contributed by atoms with Crippen LogP contribution < -0.4 is 0 Å². The van der Waals surface area contributed by atoms with Crippen LogP contribution in [0, 0.1) is 0 Å². The molecular weight excluding hydrogens is 251 g/mol. The molecule has 97 valence electrons. The van der Waals surface area contributed by atoms with E-state index in [-0.39, 0.29) is 16.8 Å².